The van der Waals surface area contributed by atoms with Crippen molar-refractivity contribution < 1.29 is 0 Å². The number of hydrogen-bond donors (Lipinski definition) is 1. The molecule has 0 spiro atoms. The van der Waals surface area contributed by atoms with Crippen molar-refractivity contribution in [3.63, 3.8) is 0 Å². The molecule has 2 fully saturated rings. The molecule has 2 aliphatic carbocycles. The van der Waals surface area contributed by atoms with Crippen molar-refractivity contribution in [2.45, 2.75) is 44.9 Å². The van der Waals surface area contributed by atoms with Crippen LogP contribution in [0, 0.1) is 17.3 Å². The van der Waals surface area contributed by atoms with Gasteiger partial charge in [0.05, 0.1) is 0 Å². The summed E-state index contributed by atoms with van der Waals surface area (Å²) >= 11 is 0. The molecule has 1 nitrogen and oxygen atoms in total. The first-order chi connectivity index (χ1) is 8.82. The van der Waals surface area contributed by atoms with Crippen LogP contribution in [0.1, 0.15) is 44.1 Å². The van der Waals surface area contributed by atoms with E-state index in [0.717, 1.165) is 18.4 Å². The van der Waals surface area contributed by atoms with Gasteiger partial charge in [-0.05, 0) is 67.9 Å². The molecular weight excluding hydrogens is 218 g/mol. The van der Waals surface area contributed by atoms with Gasteiger partial charge in [0.15, 0.2) is 0 Å². The van der Waals surface area contributed by atoms with Crippen molar-refractivity contribution in [3.05, 3.63) is 35.9 Å². The number of hydrogen-bond acceptors (Lipinski definition) is 1. The maximum absolute atomic E-state index is 6.13. The third kappa shape index (κ3) is 2.21. The molecule has 2 bridgehead atoms. The summed E-state index contributed by atoms with van der Waals surface area (Å²) in [5.74, 6) is 1.96. The van der Waals surface area contributed by atoms with Gasteiger partial charge in [-0.2, -0.15) is 0 Å². The largest absolute Gasteiger partial charge is 0.330 e. The maximum atomic E-state index is 6.13. The van der Waals surface area contributed by atoms with Crippen molar-refractivity contribution in [3.8, 4) is 0 Å². The Morgan fingerprint density at radius 1 is 1.17 bits per heavy atom. The molecule has 18 heavy (non-hydrogen) atoms. The first-order valence-electron chi connectivity index (χ1n) is 7.56. The van der Waals surface area contributed by atoms with E-state index in [2.05, 4.69) is 30.3 Å². The van der Waals surface area contributed by atoms with Gasteiger partial charge >= 0.3 is 0 Å². The zero-order chi connectivity index (χ0) is 12.4. The molecule has 3 rings (SSSR count). The zero-order valence-corrected chi connectivity index (χ0v) is 11.3. The standard InChI is InChI=1S/C17H25N/c18-13-17(12-15-8-9-16(17)11-15)10-4-7-14-5-2-1-3-6-14/h1-3,5-6,15-16H,4,7-13,18H2. The number of rotatable bonds is 5. The second kappa shape index (κ2) is 5.05. The molecular formula is C17H25N. The van der Waals surface area contributed by atoms with E-state index in [1.54, 1.807) is 0 Å². The summed E-state index contributed by atoms with van der Waals surface area (Å²) in [6, 6.07) is 10.9. The van der Waals surface area contributed by atoms with Crippen LogP contribution in [0.4, 0.5) is 0 Å². The number of benzene rings is 1. The quantitative estimate of drug-likeness (QED) is 0.837. The summed E-state index contributed by atoms with van der Waals surface area (Å²) in [5, 5.41) is 0. The van der Waals surface area contributed by atoms with Crippen molar-refractivity contribution in [2.75, 3.05) is 6.54 Å². The summed E-state index contributed by atoms with van der Waals surface area (Å²) in [6.07, 6.45) is 9.70. The number of nitrogens with two attached hydrogens (primary N) is 1. The van der Waals surface area contributed by atoms with Crippen LogP contribution in [0.3, 0.4) is 0 Å². The third-order valence-corrected chi connectivity index (χ3v) is 5.49. The molecule has 1 aromatic rings. The van der Waals surface area contributed by atoms with E-state index in [9.17, 15) is 0 Å². The Morgan fingerprint density at radius 2 is 2.00 bits per heavy atom. The van der Waals surface area contributed by atoms with Gasteiger partial charge in [-0.1, -0.05) is 36.8 Å². The zero-order valence-electron chi connectivity index (χ0n) is 11.3. The summed E-state index contributed by atoms with van der Waals surface area (Å²) in [4.78, 5) is 0. The number of fused-ring (bicyclic) bond motifs is 2. The lowest BCUT2D eigenvalue weighted by Gasteiger charge is -2.37. The second-order valence-electron chi connectivity index (χ2n) is 6.49. The molecule has 3 atom stereocenters. The van der Waals surface area contributed by atoms with Crippen LogP contribution >= 0.6 is 0 Å². The third-order valence-electron chi connectivity index (χ3n) is 5.49. The van der Waals surface area contributed by atoms with Crippen LogP contribution in [-0.2, 0) is 6.42 Å². The highest BCUT2D eigenvalue weighted by molar-refractivity contribution is 5.14. The van der Waals surface area contributed by atoms with Gasteiger partial charge < -0.3 is 5.73 Å². The molecule has 1 heteroatoms. The molecule has 2 aliphatic rings. The van der Waals surface area contributed by atoms with Crippen molar-refractivity contribution in [2.24, 2.45) is 23.0 Å². The highest BCUT2D eigenvalue weighted by Gasteiger charge is 2.49. The minimum atomic E-state index is 0.512. The normalized spacial score (nSPS) is 34.1. The molecule has 98 valence electrons. The average molecular weight is 243 g/mol. The molecule has 0 aromatic heterocycles. The smallest absolute Gasteiger partial charge is 0.00178 e. The van der Waals surface area contributed by atoms with E-state index in [4.69, 9.17) is 5.73 Å². The Morgan fingerprint density at radius 3 is 2.61 bits per heavy atom. The molecule has 2 saturated carbocycles. The Balaban J connectivity index is 1.56. The van der Waals surface area contributed by atoms with E-state index >= 15 is 0 Å². The first kappa shape index (κ1) is 12.2. The summed E-state index contributed by atoms with van der Waals surface area (Å²) < 4.78 is 0. The fourth-order valence-corrected chi connectivity index (χ4v) is 4.51. The molecule has 3 unspecified atom stereocenters. The Labute approximate surface area is 111 Å². The lowest BCUT2D eigenvalue weighted by Crippen LogP contribution is -2.35. The van der Waals surface area contributed by atoms with E-state index in [1.165, 1.54) is 50.5 Å². The highest BCUT2D eigenvalue weighted by atomic mass is 14.7. The minimum absolute atomic E-state index is 0.512. The summed E-state index contributed by atoms with van der Waals surface area (Å²) in [6.45, 7) is 0.920. The van der Waals surface area contributed by atoms with Crippen molar-refractivity contribution >= 4 is 0 Å². The number of aryl methyl sites for hydroxylation is 1. The van der Waals surface area contributed by atoms with Crippen LogP contribution in [-0.4, -0.2) is 6.54 Å². The molecule has 0 amide bonds. The van der Waals surface area contributed by atoms with E-state index in [1.807, 2.05) is 0 Å². The van der Waals surface area contributed by atoms with Gasteiger partial charge in [0.2, 0.25) is 0 Å². The van der Waals surface area contributed by atoms with E-state index < -0.39 is 0 Å². The van der Waals surface area contributed by atoms with Gasteiger partial charge in [-0.25, -0.2) is 0 Å². The predicted molar refractivity (Wildman–Crippen MR) is 76.3 cm³/mol. The lowest BCUT2D eigenvalue weighted by molar-refractivity contribution is 0.154. The Hall–Kier alpha value is -0.820. The SMILES string of the molecule is NCC1(CCCc2ccccc2)CC2CCC1C2. The van der Waals surface area contributed by atoms with Crippen LogP contribution in [0.2, 0.25) is 0 Å². The van der Waals surface area contributed by atoms with E-state index in [-0.39, 0.29) is 0 Å². The second-order valence-corrected chi connectivity index (χ2v) is 6.49. The van der Waals surface area contributed by atoms with Crippen molar-refractivity contribution in [1.82, 2.24) is 0 Å². The molecule has 0 radical (unpaired) electrons. The molecule has 1 aromatic carbocycles. The van der Waals surface area contributed by atoms with Crippen molar-refractivity contribution in [1.29, 1.82) is 0 Å². The molecule has 2 N–H and O–H groups in total. The van der Waals surface area contributed by atoms with Crippen LogP contribution in [0.15, 0.2) is 30.3 Å². The van der Waals surface area contributed by atoms with E-state index in [0.29, 0.717) is 5.41 Å². The molecule has 0 aliphatic heterocycles. The minimum Gasteiger partial charge on any atom is -0.330 e. The Bertz CT molecular complexity index is 386. The Kier molecular flexibility index (Phi) is 3.43. The topological polar surface area (TPSA) is 26.0 Å². The van der Waals surface area contributed by atoms with Gasteiger partial charge in [-0.15, -0.1) is 0 Å². The predicted octanol–water partition coefficient (Wildman–Crippen LogP) is 3.77. The van der Waals surface area contributed by atoms with Crippen LogP contribution in [0.5, 0.6) is 0 Å². The highest BCUT2D eigenvalue weighted by Crippen LogP contribution is 2.57. The summed E-state index contributed by atoms with van der Waals surface area (Å²) in [7, 11) is 0. The van der Waals surface area contributed by atoms with Gasteiger partial charge in [0.25, 0.3) is 0 Å². The lowest BCUT2D eigenvalue weighted by atomic mass is 9.70. The first-order valence-corrected chi connectivity index (χ1v) is 7.56. The fraction of sp³-hybridized carbons (Fsp3) is 0.647. The van der Waals surface area contributed by atoms with Crippen LogP contribution < -0.4 is 5.73 Å². The molecule has 0 heterocycles. The fourth-order valence-electron chi connectivity index (χ4n) is 4.51. The summed E-state index contributed by atoms with van der Waals surface area (Å²) in [5.41, 5.74) is 8.13. The van der Waals surface area contributed by atoms with Crippen LogP contribution in [0.25, 0.3) is 0 Å². The average Bonchev–Trinajstić information content (AvgIpc) is 3.01. The van der Waals surface area contributed by atoms with Gasteiger partial charge in [-0.3, -0.25) is 0 Å². The van der Waals surface area contributed by atoms with Gasteiger partial charge in [0, 0.05) is 0 Å². The van der Waals surface area contributed by atoms with Gasteiger partial charge in [0.1, 0.15) is 0 Å². The maximum Gasteiger partial charge on any atom is -0.00178 e. The monoisotopic (exact) mass is 243 g/mol. The molecule has 0 saturated heterocycles.